The fraction of sp³-hybridized carbons (Fsp3) is 0.571. The highest BCUT2D eigenvalue weighted by Crippen LogP contribution is 2.42. The highest BCUT2D eigenvalue weighted by Gasteiger charge is 2.40. The predicted molar refractivity (Wildman–Crippen MR) is 113 cm³/mol. The Bertz CT molecular complexity index is 807. The van der Waals surface area contributed by atoms with Crippen LogP contribution in [0.2, 0.25) is 0 Å². The Balaban J connectivity index is 0.00000225. The minimum atomic E-state index is 0. The topological polar surface area (TPSA) is 96.7 Å². The van der Waals surface area contributed by atoms with Crippen LogP contribution >= 0.6 is 12.4 Å². The molecule has 28 heavy (non-hydrogen) atoms. The van der Waals surface area contributed by atoms with Crippen molar-refractivity contribution in [2.24, 2.45) is 23.5 Å². The summed E-state index contributed by atoms with van der Waals surface area (Å²) in [5.41, 5.74) is 8.00. The van der Waals surface area contributed by atoms with Crippen LogP contribution in [0.5, 0.6) is 0 Å². The molecule has 4 N–H and O–H groups in total. The number of hydrogen-bond donors (Lipinski definition) is 3. The number of anilines is 1. The summed E-state index contributed by atoms with van der Waals surface area (Å²) >= 11 is 0. The number of amides is 1. The Morgan fingerprint density at radius 2 is 1.89 bits per heavy atom. The molecule has 0 radical (unpaired) electrons. The summed E-state index contributed by atoms with van der Waals surface area (Å²) in [6.45, 7) is 4.14. The lowest BCUT2D eigenvalue weighted by molar-refractivity contribution is -0.122. The number of H-pyrrole nitrogens is 1. The number of aromatic nitrogens is 3. The summed E-state index contributed by atoms with van der Waals surface area (Å²) < 4.78 is 0. The van der Waals surface area contributed by atoms with Crippen LogP contribution < -0.4 is 11.1 Å². The average Bonchev–Trinajstić information content (AvgIpc) is 3.12. The van der Waals surface area contributed by atoms with Crippen molar-refractivity contribution in [2.75, 3.05) is 5.32 Å². The summed E-state index contributed by atoms with van der Waals surface area (Å²) in [6.07, 6.45) is 5.39. The fourth-order valence-corrected chi connectivity index (χ4v) is 4.68. The Morgan fingerprint density at radius 1 is 1.21 bits per heavy atom. The Morgan fingerprint density at radius 3 is 2.54 bits per heavy atom. The monoisotopic (exact) mass is 403 g/mol. The molecule has 2 fully saturated rings. The van der Waals surface area contributed by atoms with Gasteiger partial charge in [0.15, 0.2) is 5.82 Å². The van der Waals surface area contributed by atoms with Gasteiger partial charge in [-0.05, 0) is 49.7 Å². The van der Waals surface area contributed by atoms with Crippen molar-refractivity contribution in [3.05, 3.63) is 30.1 Å². The smallest absolute Gasteiger partial charge is 0.227 e. The van der Waals surface area contributed by atoms with Crippen LogP contribution in [0.1, 0.15) is 57.7 Å². The number of carbonyl (C=O) groups excluding carboxylic acids is 1. The highest BCUT2D eigenvalue weighted by molar-refractivity contribution is 5.96. The molecule has 2 aliphatic carbocycles. The van der Waals surface area contributed by atoms with E-state index in [2.05, 4.69) is 34.3 Å². The second kappa shape index (κ2) is 8.62. The average molecular weight is 404 g/mol. The molecule has 152 valence electrons. The van der Waals surface area contributed by atoms with Gasteiger partial charge in [0.05, 0.1) is 5.69 Å². The molecule has 1 aromatic heterocycles. The summed E-state index contributed by atoms with van der Waals surface area (Å²) in [6, 6.07) is 8.03. The van der Waals surface area contributed by atoms with Crippen molar-refractivity contribution in [1.82, 2.24) is 15.2 Å². The van der Waals surface area contributed by atoms with Gasteiger partial charge in [-0.25, -0.2) is 4.98 Å². The zero-order chi connectivity index (χ0) is 19.0. The summed E-state index contributed by atoms with van der Waals surface area (Å²) in [7, 11) is 0. The van der Waals surface area contributed by atoms with Crippen LogP contribution in [0.15, 0.2) is 24.3 Å². The van der Waals surface area contributed by atoms with Gasteiger partial charge in [0.2, 0.25) is 5.91 Å². The van der Waals surface area contributed by atoms with Crippen molar-refractivity contribution in [3.63, 3.8) is 0 Å². The number of nitrogens with one attached hydrogen (secondary N) is 2. The van der Waals surface area contributed by atoms with Gasteiger partial charge >= 0.3 is 0 Å². The molecule has 2 aliphatic rings. The molecule has 2 atom stereocenters. The van der Waals surface area contributed by atoms with Gasteiger partial charge in [-0.2, -0.15) is 5.10 Å². The molecule has 4 rings (SSSR count). The lowest BCUT2D eigenvalue weighted by atomic mass is 9.65. The number of nitrogens with two attached hydrogens (primary N) is 1. The second-order valence-corrected chi connectivity index (χ2v) is 8.43. The maximum Gasteiger partial charge on any atom is 0.227 e. The molecular formula is C21H30ClN5O. The fourth-order valence-electron chi connectivity index (χ4n) is 4.68. The lowest BCUT2D eigenvalue weighted by Crippen LogP contribution is -2.48. The van der Waals surface area contributed by atoms with Crippen molar-refractivity contribution >= 4 is 24.0 Å². The van der Waals surface area contributed by atoms with Gasteiger partial charge < -0.3 is 11.1 Å². The quantitative estimate of drug-likeness (QED) is 0.715. The molecule has 6 nitrogen and oxygen atoms in total. The number of para-hydroxylation sites is 1. The van der Waals surface area contributed by atoms with Gasteiger partial charge in [-0.15, -0.1) is 12.4 Å². The summed E-state index contributed by atoms with van der Waals surface area (Å²) in [4.78, 5) is 17.6. The van der Waals surface area contributed by atoms with E-state index in [0.717, 1.165) is 42.8 Å². The normalized spacial score (nSPS) is 26.6. The number of carbonyl (C=O) groups is 1. The lowest BCUT2D eigenvalue weighted by Gasteiger charge is -2.43. The van der Waals surface area contributed by atoms with E-state index >= 15 is 0 Å². The zero-order valence-electron chi connectivity index (χ0n) is 16.5. The number of halogens is 1. The first-order chi connectivity index (χ1) is 13.0. The van der Waals surface area contributed by atoms with E-state index in [-0.39, 0.29) is 36.2 Å². The van der Waals surface area contributed by atoms with Crippen LogP contribution in [0.4, 0.5) is 5.69 Å². The van der Waals surface area contributed by atoms with E-state index in [0.29, 0.717) is 17.7 Å². The van der Waals surface area contributed by atoms with Crippen molar-refractivity contribution in [1.29, 1.82) is 0 Å². The molecular weight excluding hydrogens is 374 g/mol. The Hall–Kier alpha value is -1.92. The number of aromatic amines is 1. The van der Waals surface area contributed by atoms with E-state index in [4.69, 9.17) is 5.73 Å². The maximum absolute atomic E-state index is 13.0. The first-order valence-corrected chi connectivity index (χ1v) is 10.1. The van der Waals surface area contributed by atoms with E-state index in [9.17, 15) is 4.79 Å². The van der Waals surface area contributed by atoms with Crippen LogP contribution in [0.25, 0.3) is 11.4 Å². The third kappa shape index (κ3) is 4.08. The number of benzene rings is 1. The van der Waals surface area contributed by atoms with Gasteiger partial charge in [0.25, 0.3) is 0 Å². The predicted octanol–water partition coefficient (Wildman–Crippen LogP) is 4.11. The largest absolute Gasteiger partial charge is 0.327 e. The third-order valence-corrected chi connectivity index (χ3v) is 6.26. The standard InChI is InChI=1S/C21H29N5O.ClH/c1-12(2)19-24-20(26-25-19)16-8-3-4-9-17(16)23-21(27)15-10-13-6-5-7-14(11-15)18(13)22;/h3-4,8-9,12-15,18H,5-7,10-11,22H2,1-2H3,(H,23,27)(H,24,25,26);1H. The van der Waals surface area contributed by atoms with Gasteiger partial charge in [-0.1, -0.05) is 32.4 Å². The number of nitrogens with zero attached hydrogens (tertiary/aromatic N) is 2. The second-order valence-electron chi connectivity index (χ2n) is 8.43. The minimum absolute atomic E-state index is 0. The van der Waals surface area contributed by atoms with Crippen molar-refractivity contribution in [2.45, 2.75) is 57.9 Å². The summed E-state index contributed by atoms with van der Waals surface area (Å²) in [5, 5.41) is 10.5. The molecule has 1 aromatic carbocycles. The van der Waals surface area contributed by atoms with E-state index in [1.54, 1.807) is 0 Å². The maximum atomic E-state index is 13.0. The SMILES string of the molecule is CC(C)c1nc(-c2ccccc2NC(=O)C2CC3CCCC(C2)C3N)n[nH]1.Cl. The highest BCUT2D eigenvalue weighted by atomic mass is 35.5. The molecule has 0 aliphatic heterocycles. The molecule has 2 aromatic rings. The van der Waals surface area contributed by atoms with Crippen LogP contribution in [0, 0.1) is 17.8 Å². The van der Waals surface area contributed by atoms with E-state index < -0.39 is 0 Å². The van der Waals surface area contributed by atoms with Crippen molar-refractivity contribution in [3.8, 4) is 11.4 Å². The molecule has 0 spiro atoms. The molecule has 7 heteroatoms. The van der Waals surface area contributed by atoms with E-state index in [1.165, 1.54) is 6.42 Å². The third-order valence-electron chi connectivity index (χ3n) is 6.26. The number of rotatable bonds is 4. The Labute approximate surface area is 172 Å². The molecule has 2 saturated carbocycles. The first-order valence-electron chi connectivity index (χ1n) is 10.1. The van der Waals surface area contributed by atoms with Crippen LogP contribution in [0.3, 0.4) is 0 Å². The number of fused-ring (bicyclic) bond motifs is 2. The van der Waals surface area contributed by atoms with Gasteiger partial charge in [-0.3, -0.25) is 9.89 Å². The van der Waals surface area contributed by atoms with Gasteiger partial charge in [0.1, 0.15) is 5.82 Å². The molecule has 2 bridgehead atoms. The minimum Gasteiger partial charge on any atom is -0.327 e. The van der Waals surface area contributed by atoms with Crippen LogP contribution in [-0.2, 0) is 4.79 Å². The number of hydrogen-bond acceptors (Lipinski definition) is 4. The molecule has 0 saturated heterocycles. The van der Waals surface area contributed by atoms with Gasteiger partial charge in [0, 0.05) is 23.4 Å². The first kappa shape index (κ1) is 20.8. The Kier molecular flexibility index (Phi) is 6.40. The molecule has 1 amide bonds. The molecule has 2 unspecified atom stereocenters. The van der Waals surface area contributed by atoms with Crippen LogP contribution in [-0.4, -0.2) is 27.1 Å². The van der Waals surface area contributed by atoms with Crippen molar-refractivity contribution < 1.29 is 4.79 Å². The molecule has 1 heterocycles. The summed E-state index contributed by atoms with van der Waals surface area (Å²) in [5.74, 6) is 2.88. The zero-order valence-corrected chi connectivity index (χ0v) is 17.3. The van der Waals surface area contributed by atoms with E-state index in [1.807, 2.05) is 24.3 Å².